The molecule has 1 unspecified atom stereocenters. The molecule has 0 amide bonds. The lowest BCUT2D eigenvalue weighted by Crippen LogP contribution is -2.29. The average Bonchev–Trinajstić information content (AvgIpc) is 3.24. The van der Waals surface area contributed by atoms with Crippen molar-refractivity contribution in [2.45, 2.75) is 57.3 Å². The maximum Gasteiger partial charge on any atom is 0.133 e. The number of rotatable bonds is 4. The van der Waals surface area contributed by atoms with Crippen molar-refractivity contribution in [3.8, 4) is 0 Å². The molecule has 2 heterocycles. The Morgan fingerprint density at radius 3 is 2.78 bits per heavy atom. The van der Waals surface area contributed by atoms with Crippen LogP contribution in [0, 0.1) is 0 Å². The van der Waals surface area contributed by atoms with Gasteiger partial charge in [0.25, 0.3) is 0 Å². The standard InChI is InChI=1S/C15H23N3/c1-2-4-13-9-14(11-6-7-11)18-15(17-13)12-5-3-8-16-10-12/h9,11-12,16H,2-8,10H2,1H3. The Labute approximate surface area is 109 Å². The third-order valence-electron chi connectivity index (χ3n) is 3.98. The summed E-state index contributed by atoms with van der Waals surface area (Å²) in [5.74, 6) is 2.38. The van der Waals surface area contributed by atoms with Crippen LogP contribution in [0.15, 0.2) is 6.07 Å². The topological polar surface area (TPSA) is 37.8 Å². The lowest BCUT2D eigenvalue weighted by molar-refractivity contribution is 0.444. The first-order valence-electron chi connectivity index (χ1n) is 7.45. The molecule has 2 fully saturated rings. The second-order valence-corrected chi connectivity index (χ2v) is 5.71. The summed E-state index contributed by atoms with van der Waals surface area (Å²) in [7, 11) is 0. The molecule has 98 valence electrons. The number of hydrogen-bond donors (Lipinski definition) is 1. The molecule has 1 saturated heterocycles. The van der Waals surface area contributed by atoms with E-state index in [1.165, 1.54) is 43.5 Å². The molecular weight excluding hydrogens is 222 g/mol. The van der Waals surface area contributed by atoms with Crippen LogP contribution in [-0.4, -0.2) is 23.1 Å². The second-order valence-electron chi connectivity index (χ2n) is 5.71. The smallest absolute Gasteiger partial charge is 0.133 e. The molecule has 1 saturated carbocycles. The summed E-state index contributed by atoms with van der Waals surface area (Å²) < 4.78 is 0. The lowest BCUT2D eigenvalue weighted by Gasteiger charge is -2.22. The van der Waals surface area contributed by atoms with Crippen molar-refractivity contribution >= 4 is 0 Å². The Balaban J connectivity index is 1.86. The zero-order valence-electron chi connectivity index (χ0n) is 11.3. The van der Waals surface area contributed by atoms with E-state index in [0.717, 1.165) is 31.3 Å². The highest BCUT2D eigenvalue weighted by Crippen LogP contribution is 2.39. The van der Waals surface area contributed by atoms with Gasteiger partial charge in [0.2, 0.25) is 0 Å². The molecule has 3 nitrogen and oxygen atoms in total. The van der Waals surface area contributed by atoms with Crippen LogP contribution in [-0.2, 0) is 6.42 Å². The van der Waals surface area contributed by atoms with Gasteiger partial charge in [-0.25, -0.2) is 9.97 Å². The van der Waals surface area contributed by atoms with Gasteiger partial charge < -0.3 is 5.32 Å². The van der Waals surface area contributed by atoms with Gasteiger partial charge >= 0.3 is 0 Å². The monoisotopic (exact) mass is 245 g/mol. The summed E-state index contributed by atoms with van der Waals surface area (Å²) in [6.45, 7) is 4.43. The molecule has 1 aliphatic heterocycles. The van der Waals surface area contributed by atoms with Gasteiger partial charge in [0.15, 0.2) is 0 Å². The minimum absolute atomic E-state index is 0.535. The van der Waals surface area contributed by atoms with E-state index in [-0.39, 0.29) is 0 Å². The third kappa shape index (κ3) is 2.72. The minimum atomic E-state index is 0.535. The van der Waals surface area contributed by atoms with Crippen molar-refractivity contribution in [1.82, 2.24) is 15.3 Å². The molecule has 1 N–H and O–H groups in total. The Kier molecular flexibility index (Phi) is 3.59. The third-order valence-corrected chi connectivity index (χ3v) is 3.98. The van der Waals surface area contributed by atoms with Crippen LogP contribution < -0.4 is 5.32 Å². The molecule has 3 heteroatoms. The molecule has 18 heavy (non-hydrogen) atoms. The first kappa shape index (κ1) is 12.1. The number of hydrogen-bond acceptors (Lipinski definition) is 3. The van der Waals surface area contributed by atoms with Crippen molar-refractivity contribution in [1.29, 1.82) is 0 Å². The molecular formula is C15H23N3. The number of nitrogens with zero attached hydrogens (tertiary/aromatic N) is 2. The Bertz CT molecular complexity index is 406. The quantitative estimate of drug-likeness (QED) is 0.886. The minimum Gasteiger partial charge on any atom is -0.316 e. The van der Waals surface area contributed by atoms with Gasteiger partial charge in [-0.1, -0.05) is 13.3 Å². The molecule has 0 bridgehead atoms. The Morgan fingerprint density at radius 2 is 2.11 bits per heavy atom. The van der Waals surface area contributed by atoms with Gasteiger partial charge in [-0.3, -0.25) is 0 Å². The summed E-state index contributed by atoms with van der Waals surface area (Å²) in [5.41, 5.74) is 2.57. The van der Waals surface area contributed by atoms with Crippen LogP contribution in [0.25, 0.3) is 0 Å². The van der Waals surface area contributed by atoms with Crippen molar-refractivity contribution in [2.24, 2.45) is 0 Å². The van der Waals surface area contributed by atoms with Crippen LogP contribution in [0.4, 0.5) is 0 Å². The molecule has 1 atom stereocenters. The molecule has 0 radical (unpaired) electrons. The van der Waals surface area contributed by atoms with E-state index in [1.54, 1.807) is 0 Å². The predicted octanol–water partition coefficient (Wildman–Crippen LogP) is 2.77. The molecule has 2 aliphatic rings. The number of aryl methyl sites for hydroxylation is 1. The van der Waals surface area contributed by atoms with E-state index in [2.05, 4.69) is 18.3 Å². The summed E-state index contributed by atoms with van der Waals surface area (Å²) in [6, 6.07) is 2.25. The van der Waals surface area contributed by atoms with Gasteiger partial charge in [0.05, 0.1) is 0 Å². The number of nitrogens with one attached hydrogen (secondary N) is 1. The first-order valence-corrected chi connectivity index (χ1v) is 7.45. The summed E-state index contributed by atoms with van der Waals surface area (Å²) >= 11 is 0. The maximum atomic E-state index is 4.85. The Morgan fingerprint density at radius 1 is 1.22 bits per heavy atom. The van der Waals surface area contributed by atoms with Crippen molar-refractivity contribution in [3.05, 3.63) is 23.3 Å². The van der Waals surface area contributed by atoms with E-state index >= 15 is 0 Å². The fourth-order valence-corrected chi connectivity index (χ4v) is 2.77. The van der Waals surface area contributed by atoms with E-state index in [9.17, 15) is 0 Å². The van der Waals surface area contributed by atoms with Gasteiger partial charge in [-0.05, 0) is 44.7 Å². The van der Waals surface area contributed by atoms with Crippen LogP contribution >= 0.6 is 0 Å². The number of aromatic nitrogens is 2. The molecule has 0 spiro atoms. The molecule has 1 aliphatic carbocycles. The predicted molar refractivity (Wildman–Crippen MR) is 72.8 cm³/mol. The average molecular weight is 245 g/mol. The first-order chi connectivity index (χ1) is 8.86. The SMILES string of the molecule is CCCc1cc(C2CC2)nc(C2CCCNC2)n1. The normalized spacial score (nSPS) is 24.2. The van der Waals surface area contributed by atoms with E-state index in [1.807, 2.05) is 0 Å². The van der Waals surface area contributed by atoms with Crippen LogP contribution in [0.5, 0.6) is 0 Å². The summed E-state index contributed by atoms with van der Waals surface area (Å²) in [5, 5.41) is 3.47. The van der Waals surface area contributed by atoms with Crippen LogP contribution in [0.1, 0.15) is 68.1 Å². The highest BCUT2D eigenvalue weighted by atomic mass is 14.9. The fraction of sp³-hybridized carbons (Fsp3) is 0.733. The van der Waals surface area contributed by atoms with Crippen LogP contribution in [0.3, 0.4) is 0 Å². The molecule has 1 aromatic heterocycles. The van der Waals surface area contributed by atoms with Gasteiger partial charge in [0, 0.05) is 29.8 Å². The maximum absolute atomic E-state index is 4.85. The van der Waals surface area contributed by atoms with Crippen LogP contribution in [0.2, 0.25) is 0 Å². The molecule has 1 aromatic rings. The lowest BCUT2D eigenvalue weighted by atomic mass is 9.98. The summed E-state index contributed by atoms with van der Waals surface area (Å²) in [4.78, 5) is 9.66. The van der Waals surface area contributed by atoms with Crippen molar-refractivity contribution in [2.75, 3.05) is 13.1 Å². The van der Waals surface area contributed by atoms with Crippen molar-refractivity contribution < 1.29 is 0 Å². The van der Waals surface area contributed by atoms with E-state index < -0.39 is 0 Å². The highest BCUT2D eigenvalue weighted by Gasteiger charge is 2.27. The highest BCUT2D eigenvalue weighted by molar-refractivity contribution is 5.21. The fourth-order valence-electron chi connectivity index (χ4n) is 2.77. The summed E-state index contributed by atoms with van der Waals surface area (Å²) in [6.07, 6.45) is 7.41. The Hall–Kier alpha value is -0.960. The van der Waals surface area contributed by atoms with E-state index in [4.69, 9.17) is 9.97 Å². The zero-order chi connectivity index (χ0) is 12.4. The van der Waals surface area contributed by atoms with Gasteiger partial charge in [-0.2, -0.15) is 0 Å². The largest absolute Gasteiger partial charge is 0.316 e. The van der Waals surface area contributed by atoms with Gasteiger partial charge in [0.1, 0.15) is 5.82 Å². The van der Waals surface area contributed by atoms with E-state index in [0.29, 0.717) is 5.92 Å². The second kappa shape index (κ2) is 5.35. The van der Waals surface area contributed by atoms with Gasteiger partial charge in [-0.15, -0.1) is 0 Å². The number of piperidine rings is 1. The molecule has 0 aromatic carbocycles. The van der Waals surface area contributed by atoms with Crippen molar-refractivity contribution in [3.63, 3.8) is 0 Å². The zero-order valence-corrected chi connectivity index (χ0v) is 11.3. The molecule has 3 rings (SSSR count).